The Labute approximate surface area is 86.5 Å². The molecular weight excluding hydrogens is 196 g/mol. The Kier molecular flexibility index (Phi) is 3.76. The van der Waals surface area contributed by atoms with Crippen molar-refractivity contribution in [2.75, 3.05) is 0 Å². The fourth-order valence-electron chi connectivity index (χ4n) is 1.14. The summed E-state index contributed by atoms with van der Waals surface area (Å²) < 4.78 is 0. The Balaban J connectivity index is 3.03. The van der Waals surface area contributed by atoms with Crippen LogP contribution in [0.2, 0.25) is 0 Å². The maximum absolute atomic E-state index is 10.6. The number of hydrogen-bond donors (Lipinski definition) is 2. The molecule has 0 unspecified atom stereocenters. The van der Waals surface area contributed by atoms with E-state index in [1.54, 1.807) is 12.1 Å². The molecule has 2 N–H and O–H groups in total. The summed E-state index contributed by atoms with van der Waals surface area (Å²) in [5.74, 6) is -1.05. The van der Waals surface area contributed by atoms with E-state index in [0.29, 0.717) is 23.0 Å². The Morgan fingerprint density at radius 2 is 2.13 bits per heavy atom. The molecule has 0 heterocycles. The van der Waals surface area contributed by atoms with Gasteiger partial charge in [0.05, 0.1) is 6.61 Å². The van der Waals surface area contributed by atoms with Crippen LogP contribution in [0, 0.1) is 0 Å². The zero-order valence-electron chi connectivity index (χ0n) is 7.88. The number of aldehydes is 1. The second-order valence-corrected chi connectivity index (χ2v) is 2.91. The quantitative estimate of drug-likeness (QED) is 0.571. The van der Waals surface area contributed by atoms with E-state index in [1.165, 1.54) is 12.1 Å². The van der Waals surface area contributed by atoms with Gasteiger partial charge >= 0.3 is 5.97 Å². The number of carbonyl (C=O) groups is 2. The van der Waals surface area contributed by atoms with E-state index in [1.807, 2.05) is 0 Å². The Morgan fingerprint density at radius 3 is 2.67 bits per heavy atom. The van der Waals surface area contributed by atoms with Crippen LogP contribution in [-0.2, 0) is 11.4 Å². The van der Waals surface area contributed by atoms with Gasteiger partial charge in [-0.15, -0.1) is 0 Å². The Bertz CT molecular complexity index is 407. The van der Waals surface area contributed by atoms with Gasteiger partial charge < -0.3 is 10.2 Å². The highest BCUT2D eigenvalue weighted by Crippen LogP contribution is 2.11. The fourth-order valence-corrected chi connectivity index (χ4v) is 1.14. The molecule has 0 saturated carbocycles. The molecule has 1 rings (SSSR count). The van der Waals surface area contributed by atoms with E-state index in [2.05, 4.69) is 0 Å². The number of aliphatic carboxylic acids is 1. The lowest BCUT2D eigenvalue weighted by molar-refractivity contribution is -0.131. The summed E-state index contributed by atoms with van der Waals surface area (Å²) in [7, 11) is 0. The molecule has 0 saturated heterocycles. The Hall–Kier alpha value is -1.94. The van der Waals surface area contributed by atoms with E-state index in [-0.39, 0.29) is 6.61 Å². The van der Waals surface area contributed by atoms with Crippen LogP contribution in [0.5, 0.6) is 0 Å². The summed E-state index contributed by atoms with van der Waals surface area (Å²) in [6.07, 6.45) is 3.00. The average molecular weight is 206 g/mol. The molecule has 78 valence electrons. The van der Waals surface area contributed by atoms with Crippen LogP contribution in [0.15, 0.2) is 24.3 Å². The molecule has 0 atom stereocenters. The summed E-state index contributed by atoms with van der Waals surface area (Å²) in [4.78, 5) is 20.9. The minimum Gasteiger partial charge on any atom is -0.478 e. The third kappa shape index (κ3) is 3.03. The van der Waals surface area contributed by atoms with Gasteiger partial charge in [-0.2, -0.15) is 0 Å². The molecule has 0 bridgehead atoms. The monoisotopic (exact) mass is 206 g/mol. The average Bonchev–Trinajstić information content (AvgIpc) is 2.25. The highest BCUT2D eigenvalue weighted by Gasteiger charge is 2.00. The van der Waals surface area contributed by atoms with Crippen LogP contribution in [0.25, 0.3) is 6.08 Å². The van der Waals surface area contributed by atoms with Gasteiger partial charge in [0.2, 0.25) is 0 Å². The van der Waals surface area contributed by atoms with Gasteiger partial charge in [0.1, 0.15) is 6.29 Å². The van der Waals surface area contributed by atoms with Crippen LogP contribution >= 0.6 is 0 Å². The van der Waals surface area contributed by atoms with Crippen LogP contribution < -0.4 is 0 Å². The minimum atomic E-state index is -1.05. The third-order valence-corrected chi connectivity index (χ3v) is 1.89. The summed E-state index contributed by atoms with van der Waals surface area (Å²) in [6, 6.07) is 4.75. The molecule has 4 heteroatoms. The zero-order chi connectivity index (χ0) is 11.3. The van der Waals surface area contributed by atoms with Crippen molar-refractivity contribution in [3.63, 3.8) is 0 Å². The molecule has 0 fully saturated rings. The largest absolute Gasteiger partial charge is 0.478 e. The highest BCUT2D eigenvalue weighted by molar-refractivity contribution is 5.86. The molecule has 1 aromatic rings. The first-order valence-electron chi connectivity index (χ1n) is 4.27. The molecule has 4 nitrogen and oxygen atoms in total. The van der Waals surface area contributed by atoms with Crippen LogP contribution in [-0.4, -0.2) is 22.5 Å². The molecule has 0 aromatic heterocycles. The molecule has 0 radical (unpaired) electrons. The second kappa shape index (κ2) is 5.07. The smallest absolute Gasteiger partial charge is 0.328 e. The summed E-state index contributed by atoms with van der Waals surface area (Å²) in [5.41, 5.74) is 1.50. The van der Waals surface area contributed by atoms with Crippen molar-refractivity contribution in [1.82, 2.24) is 0 Å². The number of rotatable bonds is 4. The number of aliphatic hydroxyl groups is 1. The lowest BCUT2D eigenvalue weighted by atomic mass is 10.1. The lowest BCUT2D eigenvalue weighted by Gasteiger charge is -2.01. The van der Waals surface area contributed by atoms with Crippen molar-refractivity contribution in [2.45, 2.75) is 6.61 Å². The van der Waals surface area contributed by atoms with E-state index in [4.69, 9.17) is 10.2 Å². The molecule has 0 aliphatic heterocycles. The van der Waals surface area contributed by atoms with Gasteiger partial charge in [0.15, 0.2) is 0 Å². The minimum absolute atomic E-state index is 0.211. The van der Waals surface area contributed by atoms with Crippen LogP contribution in [0.1, 0.15) is 21.5 Å². The van der Waals surface area contributed by atoms with Gasteiger partial charge in [-0.1, -0.05) is 12.1 Å². The number of aliphatic hydroxyl groups excluding tert-OH is 1. The predicted octanol–water partition coefficient (Wildman–Crippen LogP) is 1.09. The molecule has 1 aromatic carbocycles. The molecule has 15 heavy (non-hydrogen) atoms. The van der Waals surface area contributed by atoms with E-state index in [0.717, 1.165) is 6.08 Å². The van der Waals surface area contributed by atoms with Crippen molar-refractivity contribution in [2.24, 2.45) is 0 Å². The predicted molar refractivity (Wildman–Crippen MR) is 54.4 cm³/mol. The van der Waals surface area contributed by atoms with Crippen molar-refractivity contribution in [3.8, 4) is 0 Å². The van der Waals surface area contributed by atoms with Crippen LogP contribution in [0.3, 0.4) is 0 Å². The van der Waals surface area contributed by atoms with Gasteiger partial charge in [-0.25, -0.2) is 4.79 Å². The maximum Gasteiger partial charge on any atom is 0.328 e. The van der Waals surface area contributed by atoms with Gasteiger partial charge in [0, 0.05) is 11.6 Å². The van der Waals surface area contributed by atoms with Crippen molar-refractivity contribution in [3.05, 3.63) is 41.0 Å². The van der Waals surface area contributed by atoms with Crippen molar-refractivity contribution < 1.29 is 19.8 Å². The number of hydrogen-bond acceptors (Lipinski definition) is 3. The summed E-state index contributed by atoms with van der Waals surface area (Å²) >= 11 is 0. The Morgan fingerprint density at radius 1 is 1.40 bits per heavy atom. The zero-order valence-corrected chi connectivity index (χ0v) is 7.88. The first-order chi connectivity index (χ1) is 7.17. The number of carboxylic acids is 1. The van der Waals surface area contributed by atoms with Gasteiger partial charge in [-0.05, 0) is 23.3 Å². The topological polar surface area (TPSA) is 74.6 Å². The molecule has 0 aliphatic rings. The first-order valence-corrected chi connectivity index (χ1v) is 4.27. The maximum atomic E-state index is 10.6. The molecule has 0 aliphatic carbocycles. The van der Waals surface area contributed by atoms with E-state index in [9.17, 15) is 9.59 Å². The lowest BCUT2D eigenvalue weighted by Crippen LogP contribution is -1.93. The van der Waals surface area contributed by atoms with Crippen molar-refractivity contribution >= 4 is 18.3 Å². The van der Waals surface area contributed by atoms with Gasteiger partial charge in [-0.3, -0.25) is 4.79 Å². The SMILES string of the molecule is O=Cc1cc(C=CC(=O)O)ccc1CO. The fraction of sp³-hybridized carbons (Fsp3) is 0.0909. The summed E-state index contributed by atoms with van der Waals surface area (Å²) in [5, 5.41) is 17.3. The highest BCUT2D eigenvalue weighted by atomic mass is 16.4. The normalized spacial score (nSPS) is 10.5. The summed E-state index contributed by atoms with van der Waals surface area (Å²) in [6.45, 7) is -0.211. The molecular formula is C11H10O4. The molecule has 0 amide bonds. The van der Waals surface area contributed by atoms with Crippen LogP contribution in [0.4, 0.5) is 0 Å². The third-order valence-electron chi connectivity index (χ3n) is 1.89. The second-order valence-electron chi connectivity index (χ2n) is 2.91. The van der Waals surface area contributed by atoms with E-state index >= 15 is 0 Å². The van der Waals surface area contributed by atoms with Gasteiger partial charge in [0.25, 0.3) is 0 Å². The molecule has 0 spiro atoms. The number of benzene rings is 1. The van der Waals surface area contributed by atoms with Crippen molar-refractivity contribution in [1.29, 1.82) is 0 Å². The number of carboxylic acid groups (broad SMARTS) is 1. The first kappa shape index (κ1) is 11.1. The standard InChI is InChI=1S/C11H10O4/c12-6-9-3-1-8(2-4-11(14)15)5-10(9)7-13/h1-5,7,12H,6H2,(H,14,15). The van der Waals surface area contributed by atoms with E-state index < -0.39 is 5.97 Å². The number of carbonyl (C=O) groups excluding carboxylic acids is 1.